The van der Waals surface area contributed by atoms with Crippen LogP contribution in [0.5, 0.6) is 0 Å². The Hall–Kier alpha value is -3.13. The van der Waals surface area contributed by atoms with Crippen LogP contribution in [-0.4, -0.2) is 27.1 Å². The molecule has 0 saturated carbocycles. The van der Waals surface area contributed by atoms with E-state index in [9.17, 15) is 14.4 Å². The number of hydrogen-bond donors (Lipinski definition) is 2. The number of thioether (sulfide) groups is 1. The Kier molecular flexibility index (Phi) is 6.89. The van der Waals surface area contributed by atoms with Crippen LogP contribution >= 0.6 is 11.8 Å². The lowest BCUT2D eigenvalue weighted by atomic mass is 10.2. The SMILES string of the molecule is CC(=O)Nc1ccc(NC(=O)CSc2nc3ccccc3c(=O)n2CC(C)C)cc1. The molecule has 0 aliphatic carbocycles. The number of carbonyl (C=O) groups excluding carboxylic acids is 2. The van der Waals surface area contributed by atoms with Crippen molar-refractivity contribution >= 4 is 45.9 Å². The van der Waals surface area contributed by atoms with Crippen molar-refractivity contribution < 1.29 is 9.59 Å². The number of carbonyl (C=O) groups is 2. The van der Waals surface area contributed by atoms with E-state index in [4.69, 9.17) is 0 Å². The fourth-order valence-corrected chi connectivity index (χ4v) is 3.76. The van der Waals surface area contributed by atoms with Gasteiger partial charge in [-0.05, 0) is 42.3 Å². The molecule has 0 fully saturated rings. The fraction of sp³-hybridized carbons (Fsp3) is 0.273. The maximum Gasteiger partial charge on any atom is 0.262 e. The Bertz CT molecular complexity index is 1120. The van der Waals surface area contributed by atoms with Crippen molar-refractivity contribution in [3.63, 3.8) is 0 Å². The van der Waals surface area contributed by atoms with Crippen LogP contribution < -0.4 is 16.2 Å². The molecule has 0 aliphatic heterocycles. The van der Waals surface area contributed by atoms with Gasteiger partial charge in [-0.2, -0.15) is 0 Å². The largest absolute Gasteiger partial charge is 0.326 e. The summed E-state index contributed by atoms with van der Waals surface area (Å²) in [7, 11) is 0. The Labute approximate surface area is 178 Å². The van der Waals surface area contributed by atoms with Crippen LogP contribution in [0.15, 0.2) is 58.5 Å². The molecule has 2 amide bonds. The lowest BCUT2D eigenvalue weighted by Gasteiger charge is -2.15. The number of hydrogen-bond acceptors (Lipinski definition) is 5. The van der Waals surface area contributed by atoms with Gasteiger partial charge in [0.15, 0.2) is 5.16 Å². The number of anilines is 2. The number of rotatable bonds is 7. The lowest BCUT2D eigenvalue weighted by Crippen LogP contribution is -2.26. The minimum Gasteiger partial charge on any atom is -0.326 e. The molecule has 2 N–H and O–H groups in total. The molecule has 0 spiro atoms. The van der Waals surface area contributed by atoms with E-state index >= 15 is 0 Å². The van der Waals surface area contributed by atoms with Gasteiger partial charge in [0.25, 0.3) is 5.56 Å². The topological polar surface area (TPSA) is 93.1 Å². The fourth-order valence-electron chi connectivity index (χ4n) is 2.95. The number of nitrogens with one attached hydrogen (secondary N) is 2. The highest BCUT2D eigenvalue weighted by molar-refractivity contribution is 7.99. The van der Waals surface area contributed by atoms with E-state index in [1.54, 1.807) is 41.0 Å². The van der Waals surface area contributed by atoms with Crippen LogP contribution in [0.2, 0.25) is 0 Å². The zero-order valence-corrected chi connectivity index (χ0v) is 18.0. The number of fused-ring (bicyclic) bond motifs is 1. The van der Waals surface area contributed by atoms with E-state index in [1.165, 1.54) is 18.7 Å². The number of para-hydroxylation sites is 1. The average molecular weight is 425 g/mol. The highest BCUT2D eigenvalue weighted by atomic mass is 32.2. The Morgan fingerprint density at radius 2 is 1.67 bits per heavy atom. The summed E-state index contributed by atoms with van der Waals surface area (Å²) in [4.78, 5) is 41.0. The quantitative estimate of drug-likeness (QED) is 0.445. The second-order valence-electron chi connectivity index (χ2n) is 7.32. The van der Waals surface area contributed by atoms with Crippen molar-refractivity contribution in [3.8, 4) is 0 Å². The van der Waals surface area contributed by atoms with Crippen molar-refractivity contribution in [3.05, 3.63) is 58.9 Å². The van der Waals surface area contributed by atoms with Gasteiger partial charge in [-0.25, -0.2) is 4.98 Å². The summed E-state index contributed by atoms with van der Waals surface area (Å²) in [6.45, 7) is 6.04. The van der Waals surface area contributed by atoms with E-state index in [0.29, 0.717) is 34.0 Å². The van der Waals surface area contributed by atoms with Crippen molar-refractivity contribution in [2.75, 3.05) is 16.4 Å². The molecule has 156 valence electrons. The average Bonchev–Trinajstić information content (AvgIpc) is 2.70. The minimum absolute atomic E-state index is 0.0919. The number of nitrogens with zero attached hydrogens (tertiary/aromatic N) is 2. The van der Waals surface area contributed by atoms with Gasteiger partial charge in [-0.3, -0.25) is 19.0 Å². The van der Waals surface area contributed by atoms with Gasteiger partial charge in [0, 0.05) is 24.8 Å². The molecule has 0 atom stereocenters. The summed E-state index contributed by atoms with van der Waals surface area (Å²) in [6.07, 6.45) is 0. The first-order chi connectivity index (χ1) is 14.3. The summed E-state index contributed by atoms with van der Waals surface area (Å²) in [5.74, 6) is 0.0290. The molecule has 8 heteroatoms. The minimum atomic E-state index is -0.203. The predicted octanol–water partition coefficient (Wildman–Crippen LogP) is 3.74. The van der Waals surface area contributed by atoms with E-state index in [1.807, 2.05) is 26.0 Å². The van der Waals surface area contributed by atoms with Gasteiger partial charge in [0.2, 0.25) is 11.8 Å². The third kappa shape index (κ3) is 5.48. The second kappa shape index (κ2) is 9.58. The zero-order chi connectivity index (χ0) is 21.7. The van der Waals surface area contributed by atoms with Crippen LogP contribution in [0.1, 0.15) is 20.8 Å². The maximum atomic E-state index is 12.9. The molecule has 2 aromatic carbocycles. The molecule has 3 rings (SSSR count). The third-order valence-electron chi connectivity index (χ3n) is 4.20. The molecule has 3 aromatic rings. The molecule has 1 aromatic heterocycles. The van der Waals surface area contributed by atoms with E-state index in [2.05, 4.69) is 15.6 Å². The summed E-state index contributed by atoms with van der Waals surface area (Å²) in [6, 6.07) is 14.1. The molecular formula is C22H24N4O3S. The van der Waals surface area contributed by atoms with Gasteiger partial charge >= 0.3 is 0 Å². The summed E-state index contributed by atoms with van der Waals surface area (Å²) >= 11 is 1.24. The molecule has 0 unspecified atom stereocenters. The molecule has 0 bridgehead atoms. The standard InChI is InChI=1S/C22H24N4O3S/c1-14(2)12-26-21(29)18-6-4-5-7-19(18)25-22(26)30-13-20(28)24-17-10-8-16(9-11-17)23-15(3)27/h4-11,14H,12-13H2,1-3H3,(H,23,27)(H,24,28). The molecule has 0 radical (unpaired) electrons. The Morgan fingerprint density at radius 1 is 1.03 bits per heavy atom. The van der Waals surface area contributed by atoms with Crippen LogP contribution in [-0.2, 0) is 16.1 Å². The second-order valence-corrected chi connectivity index (χ2v) is 8.26. The maximum absolute atomic E-state index is 12.9. The number of aromatic nitrogens is 2. The van der Waals surface area contributed by atoms with Crippen LogP contribution in [0.3, 0.4) is 0 Å². The van der Waals surface area contributed by atoms with Gasteiger partial charge in [-0.15, -0.1) is 0 Å². The first-order valence-corrected chi connectivity index (χ1v) is 10.6. The normalized spacial score (nSPS) is 10.9. The molecular weight excluding hydrogens is 400 g/mol. The van der Waals surface area contributed by atoms with Crippen molar-refractivity contribution in [2.45, 2.75) is 32.5 Å². The van der Waals surface area contributed by atoms with E-state index in [-0.39, 0.29) is 29.0 Å². The summed E-state index contributed by atoms with van der Waals surface area (Å²) < 4.78 is 1.65. The summed E-state index contributed by atoms with van der Waals surface area (Å²) in [5.41, 5.74) is 1.82. The highest BCUT2D eigenvalue weighted by Crippen LogP contribution is 2.20. The number of benzene rings is 2. The molecule has 1 heterocycles. The van der Waals surface area contributed by atoms with Gasteiger partial charge in [0.05, 0.1) is 16.7 Å². The van der Waals surface area contributed by atoms with Crippen LogP contribution in [0.25, 0.3) is 10.9 Å². The molecule has 0 aliphatic rings. The Morgan fingerprint density at radius 3 is 2.30 bits per heavy atom. The molecule has 30 heavy (non-hydrogen) atoms. The Balaban J connectivity index is 1.73. The van der Waals surface area contributed by atoms with Crippen LogP contribution in [0.4, 0.5) is 11.4 Å². The summed E-state index contributed by atoms with van der Waals surface area (Å²) in [5, 5.41) is 6.60. The van der Waals surface area contributed by atoms with E-state index < -0.39 is 0 Å². The highest BCUT2D eigenvalue weighted by Gasteiger charge is 2.14. The molecule has 7 nitrogen and oxygen atoms in total. The number of amides is 2. The van der Waals surface area contributed by atoms with Gasteiger partial charge in [0.1, 0.15) is 0 Å². The smallest absolute Gasteiger partial charge is 0.262 e. The van der Waals surface area contributed by atoms with E-state index in [0.717, 1.165) is 0 Å². The van der Waals surface area contributed by atoms with Crippen molar-refractivity contribution in [1.82, 2.24) is 9.55 Å². The zero-order valence-electron chi connectivity index (χ0n) is 17.1. The van der Waals surface area contributed by atoms with Crippen LogP contribution in [0, 0.1) is 5.92 Å². The van der Waals surface area contributed by atoms with Crippen molar-refractivity contribution in [1.29, 1.82) is 0 Å². The third-order valence-corrected chi connectivity index (χ3v) is 5.17. The first kappa shape index (κ1) is 21.6. The molecule has 0 saturated heterocycles. The predicted molar refractivity (Wildman–Crippen MR) is 121 cm³/mol. The van der Waals surface area contributed by atoms with Gasteiger partial charge in [-0.1, -0.05) is 37.7 Å². The first-order valence-electron chi connectivity index (χ1n) is 9.63. The van der Waals surface area contributed by atoms with Crippen molar-refractivity contribution in [2.24, 2.45) is 5.92 Å². The monoisotopic (exact) mass is 424 g/mol. The van der Waals surface area contributed by atoms with Gasteiger partial charge < -0.3 is 10.6 Å². The lowest BCUT2D eigenvalue weighted by molar-refractivity contribution is -0.114.